The highest BCUT2D eigenvalue weighted by molar-refractivity contribution is 7.89. The maximum Gasteiger partial charge on any atom is 0.255 e. The highest BCUT2D eigenvalue weighted by Gasteiger charge is 2.28. The normalized spacial score (nSPS) is 15.7. The Bertz CT molecular complexity index is 982. The van der Waals surface area contributed by atoms with Gasteiger partial charge in [-0.25, -0.2) is 8.42 Å². The summed E-state index contributed by atoms with van der Waals surface area (Å²) in [5.74, 6) is 1.14. The molecule has 2 aromatic carbocycles. The summed E-state index contributed by atoms with van der Waals surface area (Å²) in [4.78, 5) is 12.9. The molecule has 29 heavy (non-hydrogen) atoms. The van der Waals surface area contributed by atoms with E-state index in [1.165, 1.54) is 30.7 Å². The summed E-state index contributed by atoms with van der Waals surface area (Å²) < 4.78 is 37.9. The van der Waals surface area contributed by atoms with Crippen molar-refractivity contribution in [1.82, 2.24) is 4.31 Å². The van der Waals surface area contributed by atoms with Gasteiger partial charge in [0.05, 0.1) is 24.8 Å². The maximum atomic E-state index is 13.0. The Morgan fingerprint density at radius 3 is 2.45 bits per heavy atom. The zero-order chi connectivity index (χ0) is 21.0. The molecule has 0 unspecified atom stereocenters. The lowest BCUT2D eigenvalue weighted by Crippen LogP contribution is -2.37. The van der Waals surface area contributed by atoms with Gasteiger partial charge in [0, 0.05) is 24.7 Å². The van der Waals surface area contributed by atoms with Crippen LogP contribution in [0.1, 0.15) is 30.1 Å². The average molecular weight is 419 g/mol. The van der Waals surface area contributed by atoms with Gasteiger partial charge in [-0.15, -0.1) is 0 Å². The van der Waals surface area contributed by atoms with Crippen molar-refractivity contribution in [3.8, 4) is 11.5 Å². The molecule has 2 aromatic rings. The summed E-state index contributed by atoms with van der Waals surface area (Å²) in [6.07, 6.45) is 1.68. The first-order valence-corrected chi connectivity index (χ1v) is 10.9. The van der Waals surface area contributed by atoms with Gasteiger partial charge in [0.1, 0.15) is 11.5 Å². The smallest absolute Gasteiger partial charge is 0.255 e. The Balaban J connectivity index is 1.83. The Morgan fingerprint density at radius 1 is 1.07 bits per heavy atom. The molecule has 8 heteroatoms. The molecule has 1 fully saturated rings. The number of methoxy groups -OCH3 is 2. The number of ether oxygens (including phenoxy) is 2. The van der Waals surface area contributed by atoms with E-state index in [1.807, 2.05) is 0 Å². The maximum absolute atomic E-state index is 13.0. The van der Waals surface area contributed by atoms with E-state index in [0.717, 1.165) is 12.8 Å². The number of sulfonamides is 1. The van der Waals surface area contributed by atoms with Crippen LogP contribution >= 0.6 is 0 Å². The molecule has 0 bridgehead atoms. The van der Waals surface area contributed by atoms with Crippen molar-refractivity contribution in [3.63, 3.8) is 0 Å². The predicted molar refractivity (Wildman–Crippen MR) is 111 cm³/mol. The monoisotopic (exact) mass is 418 g/mol. The third-order valence-electron chi connectivity index (χ3n) is 5.13. The number of nitrogens with one attached hydrogen (secondary N) is 1. The molecule has 7 nitrogen and oxygen atoms in total. The molecule has 156 valence electrons. The van der Waals surface area contributed by atoms with Gasteiger partial charge in [-0.1, -0.05) is 13.0 Å². The Labute approximate surface area is 171 Å². The van der Waals surface area contributed by atoms with Gasteiger partial charge in [0.15, 0.2) is 0 Å². The molecule has 1 N–H and O–H groups in total. The molecule has 0 radical (unpaired) electrons. The summed E-state index contributed by atoms with van der Waals surface area (Å²) >= 11 is 0. The molecule has 0 spiro atoms. The van der Waals surface area contributed by atoms with Gasteiger partial charge in [-0.2, -0.15) is 4.31 Å². The van der Waals surface area contributed by atoms with E-state index in [4.69, 9.17) is 9.47 Å². The van der Waals surface area contributed by atoms with Gasteiger partial charge in [-0.05, 0) is 49.1 Å². The number of anilines is 1. The molecule has 1 aliphatic rings. The molecule has 3 rings (SSSR count). The first-order valence-electron chi connectivity index (χ1n) is 9.48. The second kappa shape index (κ2) is 8.84. The van der Waals surface area contributed by atoms with Crippen LogP contribution in [0.3, 0.4) is 0 Å². The van der Waals surface area contributed by atoms with E-state index < -0.39 is 15.9 Å². The summed E-state index contributed by atoms with van der Waals surface area (Å²) in [6.45, 7) is 3.13. The Hall–Kier alpha value is -2.58. The number of hydrogen-bond acceptors (Lipinski definition) is 5. The van der Waals surface area contributed by atoms with E-state index in [2.05, 4.69) is 12.2 Å². The summed E-state index contributed by atoms with van der Waals surface area (Å²) in [7, 11) is -0.594. The minimum Gasteiger partial charge on any atom is -0.497 e. The number of hydrogen-bond donors (Lipinski definition) is 1. The molecular weight excluding hydrogens is 392 g/mol. The quantitative estimate of drug-likeness (QED) is 0.777. The summed E-state index contributed by atoms with van der Waals surface area (Å²) in [5, 5.41) is 2.76. The van der Waals surface area contributed by atoms with E-state index in [-0.39, 0.29) is 10.5 Å². The number of carbonyl (C=O) groups is 1. The van der Waals surface area contributed by atoms with E-state index in [0.29, 0.717) is 36.2 Å². The molecule has 1 saturated heterocycles. The molecule has 0 aliphatic carbocycles. The lowest BCUT2D eigenvalue weighted by atomic mass is 10.0. The molecule has 1 amide bonds. The van der Waals surface area contributed by atoms with Crippen LogP contribution in [0.15, 0.2) is 47.4 Å². The summed E-state index contributed by atoms with van der Waals surface area (Å²) in [5.41, 5.74) is 0.691. The number of rotatable bonds is 6. The van der Waals surface area contributed by atoms with Crippen molar-refractivity contribution >= 4 is 21.6 Å². The molecular formula is C21H26N2O5S. The van der Waals surface area contributed by atoms with Crippen molar-refractivity contribution in [3.05, 3.63) is 48.0 Å². The highest BCUT2D eigenvalue weighted by atomic mass is 32.2. The number of piperidine rings is 1. The van der Waals surface area contributed by atoms with Gasteiger partial charge in [-0.3, -0.25) is 4.79 Å². The fraction of sp³-hybridized carbons (Fsp3) is 0.381. The van der Waals surface area contributed by atoms with Crippen LogP contribution in [0.4, 0.5) is 5.69 Å². The molecule has 0 atom stereocenters. The zero-order valence-electron chi connectivity index (χ0n) is 16.8. The number of nitrogens with zero attached hydrogens (tertiary/aromatic N) is 1. The molecule has 1 heterocycles. The largest absolute Gasteiger partial charge is 0.497 e. The molecule has 0 saturated carbocycles. The SMILES string of the molecule is COc1ccc(OC)c(NC(=O)c2cccc(S(=O)(=O)N3CCC(C)CC3)c2)c1. The van der Waals surface area contributed by atoms with Crippen molar-refractivity contribution in [2.45, 2.75) is 24.7 Å². The molecule has 1 aliphatic heterocycles. The van der Waals surface area contributed by atoms with Gasteiger partial charge in [0.25, 0.3) is 5.91 Å². The Morgan fingerprint density at radius 2 is 1.79 bits per heavy atom. The van der Waals surface area contributed by atoms with Crippen molar-refractivity contribution in [2.24, 2.45) is 5.92 Å². The first-order chi connectivity index (χ1) is 13.8. The second-order valence-corrected chi connectivity index (χ2v) is 9.07. The minimum absolute atomic E-state index is 0.123. The van der Waals surface area contributed by atoms with Crippen molar-refractivity contribution < 1.29 is 22.7 Å². The standard InChI is InChI=1S/C21H26N2O5S/c1-15-9-11-23(12-10-15)29(25,26)18-6-4-5-16(13-18)21(24)22-19-14-17(27-2)7-8-20(19)28-3/h4-8,13-15H,9-12H2,1-3H3,(H,22,24). The third kappa shape index (κ3) is 4.71. The number of carbonyl (C=O) groups excluding carboxylic acids is 1. The number of benzene rings is 2. The van der Waals surface area contributed by atoms with Crippen molar-refractivity contribution in [1.29, 1.82) is 0 Å². The van der Waals surface area contributed by atoms with Crippen molar-refractivity contribution in [2.75, 3.05) is 32.6 Å². The summed E-state index contributed by atoms with van der Waals surface area (Å²) in [6, 6.07) is 11.2. The topological polar surface area (TPSA) is 84.9 Å². The lowest BCUT2D eigenvalue weighted by Gasteiger charge is -2.29. The van der Waals surface area contributed by atoms with Crippen LogP contribution in [-0.2, 0) is 10.0 Å². The van der Waals surface area contributed by atoms with Gasteiger partial charge in [0.2, 0.25) is 10.0 Å². The second-order valence-electron chi connectivity index (χ2n) is 7.13. The van der Waals surface area contributed by atoms with E-state index in [9.17, 15) is 13.2 Å². The predicted octanol–water partition coefficient (Wildman–Crippen LogP) is 3.38. The zero-order valence-corrected chi connectivity index (χ0v) is 17.7. The minimum atomic E-state index is -3.63. The molecule has 0 aromatic heterocycles. The number of amides is 1. The van der Waals surface area contributed by atoms with Crippen LogP contribution < -0.4 is 14.8 Å². The van der Waals surface area contributed by atoms with Gasteiger partial charge >= 0.3 is 0 Å². The van der Waals surface area contributed by atoms with Crippen LogP contribution in [-0.4, -0.2) is 45.9 Å². The third-order valence-corrected chi connectivity index (χ3v) is 7.03. The first kappa shape index (κ1) is 21.1. The van der Waals surface area contributed by atoms with Crippen LogP contribution in [0, 0.1) is 5.92 Å². The fourth-order valence-electron chi connectivity index (χ4n) is 3.28. The van der Waals surface area contributed by atoms with E-state index >= 15 is 0 Å². The Kier molecular flexibility index (Phi) is 6.44. The van der Waals surface area contributed by atoms with Gasteiger partial charge < -0.3 is 14.8 Å². The fourth-order valence-corrected chi connectivity index (χ4v) is 4.79. The van der Waals surface area contributed by atoms with Crippen LogP contribution in [0.5, 0.6) is 11.5 Å². The van der Waals surface area contributed by atoms with Crippen LogP contribution in [0.2, 0.25) is 0 Å². The van der Waals surface area contributed by atoms with Crippen LogP contribution in [0.25, 0.3) is 0 Å². The lowest BCUT2D eigenvalue weighted by molar-refractivity contribution is 0.102. The highest BCUT2D eigenvalue weighted by Crippen LogP contribution is 2.30. The van der Waals surface area contributed by atoms with E-state index in [1.54, 1.807) is 30.3 Å². The average Bonchev–Trinajstić information content (AvgIpc) is 2.74.